The highest BCUT2D eigenvalue weighted by molar-refractivity contribution is 6.31. The van der Waals surface area contributed by atoms with Crippen molar-refractivity contribution in [2.24, 2.45) is 0 Å². The molecule has 1 aliphatic rings. The number of halogens is 1. The summed E-state index contributed by atoms with van der Waals surface area (Å²) in [5.41, 5.74) is 2.93. The molecule has 124 valence electrons. The van der Waals surface area contributed by atoms with E-state index in [1.165, 1.54) is 6.33 Å². The van der Waals surface area contributed by atoms with Crippen molar-refractivity contribution >= 4 is 28.9 Å². The van der Waals surface area contributed by atoms with Gasteiger partial charge in [-0.05, 0) is 48.7 Å². The third-order valence-electron chi connectivity index (χ3n) is 4.65. The molecule has 0 saturated heterocycles. The monoisotopic (exact) mass is 349 g/mol. The zero-order valence-corrected chi connectivity index (χ0v) is 14.4. The number of aromatic nitrogens is 2. The van der Waals surface area contributed by atoms with Crippen molar-refractivity contribution in [1.29, 1.82) is 0 Å². The van der Waals surface area contributed by atoms with Crippen molar-refractivity contribution in [3.05, 3.63) is 83.4 Å². The van der Waals surface area contributed by atoms with Gasteiger partial charge in [-0.25, -0.2) is 9.97 Å². The van der Waals surface area contributed by atoms with Crippen LogP contribution in [-0.2, 0) is 16.6 Å². The molecule has 2 aromatic carbocycles. The minimum absolute atomic E-state index is 0.0276. The Balaban J connectivity index is 1.84. The molecule has 4 rings (SSSR count). The molecule has 4 nitrogen and oxygen atoms in total. The molecule has 0 spiro atoms. The highest BCUT2D eigenvalue weighted by Gasteiger charge is 2.47. The average Bonchev–Trinajstić information content (AvgIpc) is 2.84. The predicted octanol–water partition coefficient (Wildman–Crippen LogP) is 4.31. The van der Waals surface area contributed by atoms with Gasteiger partial charge in [-0.3, -0.25) is 9.69 Å². The standard InChI is InChI=1S/C20H16ClN3O/c1-20(10-14-11-22-13-23-12-14)17-7-2-3-8-18(17)24(19(20)25)16-6-4-5-15(21)9-16/h2-9,11-13H,10H2,1H3. The summed E-state index contributed by atoms with van der Waals surface area (Å²) >= 11 is 6.14. The SMILES string of the molecule is CC1(Cc2cncnc2)C(=O)N(c2cccc(Cl)c2)c2ccccc21. The lowest BCUT2D eigenvalue weighted by molar-refractivity contribution is -0.121. The van der Waals surface area contributed by atoms with Crippen LogP contribution in [-0.4, -0.2) is 15.9 Å². The quantitative estimate of drug-likeness (QED) is 0.707. The normalized spacial score (nSPS) is 19.1. The highest BCUT2D eigenvalue weighted by Crippen LogP contribution is 2.47. The van der Waals surface area contributed by atoms with Crippen molar-refractivity contribution in [2.45, 2.75) is 18.8 Å². The molecule has 5 heteroatoms. The van der Waals surface area contributed by atoms with Crippen LogP contribution < -0.4 is 4.90 Å². The molecular weight excluding hydrogens is 334 g/mol. The molecule has 1 atom stereocenters. The third-order valence-corrected chi connectivity index (χ3v) is 4.89. The van der Waals surface area contributed by atoms with E-state index in [-0.39, 0.29) is 5.91 Å². The Labute approximate surface area is 151 Å². The first-order valence-electron chi connectivity index (χ1n) is 8.03. The summed E-state index contributed by atoms with van der Waals surface area (Å²) in [6.07, 6.45) is 5.56. The van der Waals surface area contributed by atoms with Crippen LogP contribution >= 0.6 is 11.6 Å². The van der Waals surface area contributed by atoms with E-state index in [0.717, 1.165) is 22.5 Å². The summed E-state index contributed by atoms with van der Waals surface area (Å²) in [7, 11) is 0. The largest absolute Gasteiger partial charge is 0.280 e. The van der Waals surface area contributed by atoms with Crippen LogP contribution in [0.25, 0.3) is 0 Å². The van der Waals surface area contributed by atoms with Crippen LogP contribution in [0.1, 0.15) is 18.1 Å². The Morgan fingerprint density at radius 2 is 1.84 bits per heavy atom. The number of amides is 1. The van der Waals surface area contributed by atoms with E-state index in [2.05, 4.69) is 9.97 Å². The fourth-order valence-electron chi connectivity index (χ4n) is 3.48. The summed E-state index contributed by atoms with van der Waals surface area (Å²) < 4.78 is 0. The molecule has 0 N–H and O–H groups in total. The second kappa shape index (κ2) is 5.97. The smallest absolute Gasteiger partial charge is 0.242 e. The second-order valence-corrected chi connectivity index (χ2v) is 6.83. The van der Waals surface area contributed by atoms with E-state index in [4.69, 9.17) is 11.6 Å². The summed E-state index contributed by atoms with van der Waals surface area (Å²) in [6, 6.07) is 15.3. The van der Waals surface area contributed by atoms with Gasteiger partial charge < -0.3 is 0 Å². The average molecular weight is 350 g/mol. The Morgan fingerprint density at radius 3 is 2.60 bits per heavy atom. The van der Waals surface area contributed by atoms with Crippen molar-refractivity contribution in [3.63, 3.8) is 0 Å². The molecule has 1 amide bonds. The van der Waals surface area contributed by atoms with E-state index >= 15 is 0 Å². The first-order valence-corrected chi connectivity index (χ1v) is 8.41. The van der Waals surface area contributed by atoms with Gasteiger partial charge in [0.05, 0.1) is 16.8 Å². The van der Waals surface area contributed by atoms with Gasteiger partial charge in [0.15, 0.2) is 0 Å². The van der Waals surface area contributed by atoms with Crippen molar-refractivity contribution in [1.82, 2.24) is 9.97 Å². The van der Waals surface area contributed by atoms with E-state index in [1.54, 1.807) is 23.4 Å². The van der Waals surface area contributed by atoms with Crippen LogP contribution in [0.15, 0.2) is 67.3 Å². The number of anilines is 2. The molecule has 3 aromatic rings. The van der Waals surface area contributed by atoms with Gasteiger partial charge in [-0.15, -0.1) is 0 Å². The third kappa shape index (κ3) is 2.59. The molecule has 0 bridgehead atoms. The van der Waals surface area contributed by atoms with Crippen LogP contribution in [0, 0.1) is 0 Å². The summed E-state index contributed by atoms with van der Waals surface area (Å²) in [6.45, 7) is 1.98. The lowest BCUT2D eigenvalue weighted by atomic mass is 9.79. The lowest BCUT2D eigenvalue weighted by Crippen LogP contribution is -2.37. The van der Waals surface area contributed by atoms with Gasteiger partial charge in [0, 0.05) is 17.4 Å². The Kier molecular flexibility index (Phi) is 3.77. The predicted molar refractivity (Wildman–Crippen MR) is 98.1 cm³/mol. The Morgan fingerprint density at radius 1 is 1.08 bits per heavy atom. The first-order chi connectivity index (χ1) is 12.1. The summed E-state index contributed by atoms with van der Waals surface area (Å²) in [5, 5.41) is 0.604. The van der Waals surface area contributed by atoms with Gasteiger partial charge in [0.25, 0.3) is 0 Å². The van der Waals surface area contributed by atoms with E-state index < -0.39 is 5.41 Å². The zero-order chi connectivity index (χ0) is 17.4. The number of nitrogens with zero attached hydrogens (tertiary/aromatic N) is 3. The maximum atomic E-state index is 13.4. The van der Waals surface area contributed by atoms with Crippen molar-refractivity contribution in [3.8, 4) is 0 Å². The molecule has 0 fully saturated rings. The number of fused-ring (bicyclic) bond motifs is 1. The Bertz CT molecular complexity index is 944. The molecule has 2 heterocycles. The minimum atomic E-state index is -0.677. The lowest BCUT2D eigenvalue weighted by Gasteiger charge is -2.24. The number of para-hydroxylation sites is 1. The Hall–Kier alpha value is -2.72. The van der Waals surface area contributed by atoms with Crippen molar-refractivity contribution < 1.29 is 4.79 Å². The fourth-order valence-corrected chi connectivity index (χ4v) is 3.66. The van der Waals surface area contributed by atoms with Crippen LogP contribution in [0.3, 0.4) is 0 Å². The number of carbonyl (C=O) groups excluding carboxylic acids is 1. The number of hydrogen-bond donors (Lipinski definition) is 0. The maximum absolute atomic E-state index is 13.4. The highest BCUT2D eigenvalue weighted by atomic mass is 35.5. The first kappa shape index (κ1) is 15.8. The molecule has 0 aliphatic carbocycles. The van der Waals surface area contributed by atoms with Gasteiger partial charge in [-0.2, -0.15) is 0 Å². The molecule has 1 unspecified atom stereocenters. The molecule has 1 aliphatic heterocycles. The zero-order valence-electron chi connectivity index (χ0n) is 13.7. The molecule has 0 radical (unpaired) electrons. The number of benzene rings is 2. The number of rotatable bonds is 3. The molecule has 25 heavy (non-hydrogen) atoms. The summed E-state index contributed by atoms with van der Waals surface area (Å²) in [5.74, 6) is 0.0276. The van der Waals surface area contributed by atoms with Crippen molar-refractivity contribution in [2.75, 3.05) is 4.90 Å². The molecule has 1 aromatic heterocycles. The van der Waals surface area contributed by atoms with Gasteiger partial charge in [-0.1, -0.05) is 35.9 Å². The minimum Gasteiger partial charge on any atom is -0.280 e. The van der Waals surface area contributed by atoms with Gasteiger partial charge in [0.1, 0.15) is 6.33 Å². The number of hydrogen-bond acceptors (Lipinski definition) is 3. The number of carbonyl (C=O) groups is 1. The maximum Gasteiger partial charge on any atom is 0.242 e. The topological polar surface area (TPSA) is 46.1 Å². The second-order valence-electron chi connectivity index (χ2n) is 6.39. The van der Waals surface area contributed by atoms with Crippen LogP contribution in [0.5, 0.6) is 0 Å². The van der Waals surface area contributed by atoms with Crippen LogP contribution in [0.4, 0.5) is 11.4 Å². The van der Waals surface area contributed by atoms with E-state index in [9.17, 15) is 4.79 Å². The molecular formula is C20H16ClN3O. The van der Waals surface area contributed by atoms with Crippen LogP contribution in [0.2, 0.25) is 5.02 Å². The van der Waals surface area contributed by atoms with Gasteiger partial charge in [0.2, 0.25) is 5.91 Å². The van der Waals surface area contributed by atoms with E-state index in [1.807, 2.05) is 49.4 Å². The summed E-state index contributed by atoms with van der Waals surface area (Å²) in [4.78, 5) is 23.3. The van der Waals surface area contributed by atoms with E-state index in [0.29, 0.717) is 11.4 Å². The fraction of sp³-hybridized carbons (Fsp3) is 0.150. The molecule has 0 saturated carbocycles. The van der Waals surface area contributed by atoms with Gasteiger partial charge >= 0.3 is 0 Å².